The van der Waals surface area contributed by atoms with Gasteiger partial charge in [-0.15, -0.1) is 11.3 Å². The summed E-state index contributed by atoms with van der Waals surface area (Å²) in [6.07, 6.45) is -4.19. The van der Waals surface area contributed by atoms with Crippen molar-refractivity contribution in [1.29, 1.82) is 0 Å². The van der Waals surface area contributed by atoms with Gasteiger partial charge in [0.2, 0.25) is 5.78 Å². The molecule has 1 saturated heterocycles. The molecule has 158 valence electrons. The number of fused-ring (bicyclic) bond motifs is 1. The summed E-state index contributed by atoms with van der Waals surface area (Å²) < 4.78 is 12.0. The Bertz CT molecular complexity index is 1040. The van der Waals surface area contributed by atoms with Crippen molar-refractivity contribution < 1.29 is 34.7 Å². The van der Waals surface area contributed by atoms with Gasteiger partial charge in [-0.25, -0.2) is 0 Å². The Balaban J connectivity index is 1.77. The lowest BCUT2D eigenvalue weighted by atomic mass is 9.91. The number of aliphatic hydroxyl groups excluding tert-OH is 3. The van der Waals surface area contributed by atoms with Gasteiger partial charge in [-0.1, -0.05) is 18.2 Å². The smallest absolute Gasteiger partial charge is 0.206 e. The number of phenolic OH excluding ortho intramolecular Hbond substituents is 1. The molecule has 1 fully saturated rings. The van der Waals surface area contributed by atoms with Crippen LogP contribution in [0, 0.1) is 0 Å². The molecule has 4 atom stereocenters. The van der Waals surface area contributed by atoms with Crippen LogP contribution in [0.3, 0.4) is 0 Å². The van der Waals surface area contributed by atoms with Gasteiger partial charge < -0.3 is 29.9 Å². The number of ether oxygens (including phenoxy) is 2. The van der Waals surface area contributed by atoms with Crippen molar-refractivity contribution in [2.45, 2.75) is 30.8 Å². The highest BCUT2D eigenvalue weighted by molar-refractivity contribution is 7.21. The maximum absolute atomic E-state index is 13.3. The van der Waals surface area contributed by atoms with E-state index in [-0.39, 0.29) is 41.4 Å². The molecule has 0 unspecified atom stereocenters. The zero-order valence-electron chi connectivity index (χ0n) is 16.2. The molecule has 0 aliphatic carbocycles. The molecule has 0 radical (unpaired) electrons. The molecule has 1 aliphatic heterocycles. The molecule has 0 saturated carbocycles. The molecule has 2 heterocycles. The number of carbonyl (C=O) groups excluding carboxylic acids is 1. The fourth-order valence-electron chi connectivity index (χ4n) is 3.72. The van der Waals surface area contributed by atoms with Crippen molar-refractivity contribution in [3.05, 3.63) is 58.5 Å². The Morgan fingerprint density at radius 3 is 2.70 bits per heavy atom. The molecular weight excluding hydrogens is 408 g/mol. The summed E-state index contributed by atoms with van der Waals surface area (Å²) in [6, 6.07) is 12.2. The molecule has 0 amide bonds. The molecule has 4 N–H and O–H groups in total. The van der Waals surface area contributed by atoms with Gasteiger partial charge in [0.1, 0.15) is 23.7 Å². The Labute approximate surface area is 176 Å². The molecule has 1 aliphatic rings. The van der Waals surface area contributed by atoms with Crippen LogP contribution < -0.4 is 4.74 Å². The second-order valence-corrected chi connectivity index (χ2v) is 8.33. The van der Waals surface area contributed by atoms with Crippen LogP contribution in [-0.2, 0) is 4.74 Å². The summed E-state index contributed by atoms with van der Waals surface area (Å²) in [5.74, 6) is -0.350. The van der Waals surface area contributed by atoms with Crippen LogP contribution in [0.5, 0.6) is 11.5 Å². The third kappa shape index (κ3) is 3.68. The standard InChI is InChI=1S/C22H22O7S/c1-28-17-9-15(24)13(22-21(27)16(25)7-12(10-23)29-22)8-14(17)20(26)19-6-11-4-2-3-5-18(11)30-19/h2-6,8-9,12,16,21-25,27H,7,10H2,1H3/t12-,16-,21-,22-/m0/s1. The van der Waals surface area contributed by atoms with Crippen molar-refractivity contribution in [2.24, 2.45) is 0 Å². The van der Waals surface area contributed by atoms with Gasteiger partial charge in [-0.3, -0.25) is 4.79 Å². The number of hydrogen-bond donors (Lipinski definition) is 4. The molecule has 4 rings (SSSR count). The zero-order chi connectivity index (χ0) is 21.4. The van der Waals surface area contributed by atoms with Crippen molar-refractivity contribution in [3.8, 4) is 11.5 Å². The molecule has 7 nitrogen and oxygen atoms in total. The summed E-state index contributed by atoms with van der Waals surface area (Å²) in [6.45, 7) is -0.342. The predicted octanol–water partition coefficient (Wildman–Crippen LogP) is 2.39. The van der Waals surface area contributed by atoms with Crippen molar-refractivity contribution in [3.63, 3.8) is 0 Å². The fraction of sp³-hybridized carbons (Fsp3) is 0.318. The first-order valence-electron chi connectivity index (χ1n) is 9.49. The number of aliphatic hydroxyl groups is 3. The minimum Gasteiger partial charge on any atom is -0.507 e. The van der Waals surface area contributed by atoms with E-state index < -0.39 is 24.4 Å². The number of ketones is 1. The monoisotopic (exact) mass is 430 g/mol. The number of hydrogen-bond acceptors (Lipinski definition) is 8. The maximum atomic E-state index is 13.3. The summed E-state index contributed by atoms with van der Waals surface area (Å²) in [4.78, 5) is 13.8. The lowest BCUT2D eigenvalue weighted by Crippen LogP contribution is -2.44. The average molecular weight is 430 g/mol. The highest BCUT2D eigenvalue weighted by Gasteiger charge is 2.39. The Hall–Kier alpha value is -2.49. The Morgan fingerprint density at radius 1 is 1.23 bits per heavy atom. The normalized spacial score (nSPS) is 24.1. The highest BCUT2D eigenvalue weighted by Crippen LogP contribution is 2.40. The first-order chi connectivity index (χ1) is 14.4. The summed E-state index contributed by atoms with van der Waals surface area (Å²) in [5.41, 5.74) is 0.346. The van der Waals surface area contributed by atoms with Crippen molar-refractivity contribution in [1.82, 2.24) is 0 Å². The van der Waals surface area contributed by atoms with Crippen molar-refractivity contribution in [2.75, 3.05) is 13.7 Å². The van der Waals surface area contributed by atoms with Gasteiger partial charge in [0, 0.05) is 22.8 Å². The number of benzene rings is 2. The number of carbonyl (C=O) groups is 1. The highest BCUT2D eigenvalue weighted by atomic mass is 32.1. The second kappa shape index (κ2) is 8.33. The number of methoxy groups -OCH3 is 1. The molecule has 0 bridgehead atoms. The maximum Gasteiger partial charge on any atom is 0.206 e. The minimum atomic E-state index is -1.32. The van der Waals surface area contributed by atoms with Gasteiger partial charge in [0.15, 0.2) is 0 Å². The molecular formula is C22H22O7S. The zero-order valence-corrected chi connectivity index (χ0v) is 17.0. The van der Waals surface area contributed by atoms with Gasteiger partial charge in [-0.05, 0) is 23.6 Å². The first kappa shape index (κ1) is 20.8. The van der Waals surface area contributed by atoms with Crippen LogP contribution in [0.4, 0.5) is 0 Å². The van der Waals surface area contributed by atoms with Gasteiger partial charge in [0.25, 0.3) is 0 Å². The molecule has 30 heavy (non-hydrogen) atoms. The Morgan fingerprint density at radius 2 is 2.00 bits per heavy atom. The summed E-state index contributed by atoms with van der Waals surface area (Å²) in [7, 11) is 1.40. The number of aromatic hydroxyl groups is 1. The van der Waals surface area contributed by atoms with Crippen LogP contribution in [0.15, 0.2) is 42.5 Å². The predicted molar refractivity (Wildman–Crippen MR) is 111 cm³/mol. The van der Waals surface area contributed by atoms with Gasteiger partial charge >= 0.3 is 0 Å². The SMILES string of the molecule is COc1cc(O)c([C@@H]2O[C@H](CO)C[C@H](O)[C@@H]2O)cc1C(=O)c1cc2ccccc2s1. The average Bonchev–Trinajstić information content (AvgIpc) is 3.19. The molecule has 2 aromatic carbocycles. The van der Waals surface area contributed by atoms with Crippen LogP contribution >= 0.6 is 11.3 Å². The molecule has 1 aromatic heterocycles. The van der Waals surface area contributed by atoms with Crippen LogP contribution in [0.2, 0.25) is 0 Å². The Kier molecular flexibility index (Phi) is 5.77. The quantitative estimate of drug-likeness (QED) is 0.459. The van der Waals surface area contributed by atoms with Gasteiger partial charge in [0.05, 0.1) is 36.4 Å². The van der Waals surface area contributed by atoms with E-state index in [0.29, 0.717) is 4.88 Å². The minimum absolute atomic E-state index is 0.0681. The fourth-order valence-corrected chi connectivity index (χ4v) is 4.73. The molecule has 8 heteroatoms. The first-order valence-corrected chi connectivity index (χ1v) is 10.3. The molecule has 3 aromatic rings. The van der Waals surface area contributed by atoms with Crippen LogP contribution in [0.25, 0.3) is 10.1 Å². The molecule has 0 spiro atoms. The number of thiophene rings is 1. The third-order valence-corrected chi connectivity index (χ3v) is 6.42. The number of rotatable bonds is 5. The van der Waals surface area contributed by atoms with Crippen LogP contribution in [-0.4, -0.2) is 58.2 Å². The van der Waals surface area contributed by atoms with E-state index in [1.807, 2.05) is 24.3 Å². The summed E-state index contributed by atoms with van der Waals surface area (Å²) in [5, 5.41) is 41.4. The van der Waals surface area contributed by atoms with E-state index in [2.05, 4.69) is 0 Å². The largest absolute Gasteiger partial charge is 0.507 e. The van der Waals surface area contributed by atoms with Gasteiger partial charge in [-0.2, -0.15) is 0 Å². The third-order valence-electron chi connectivity index (χ3n) is 5.30. The summed E-state index contributed by atoms with van der Waals surface area (Å²) >= 11 is 1.35. The van der Waals surface area contributed by atoms with Crippen LogP contribution in [0.1, 0.15) is 33.3 Å². The van der Waals surface area contributed by atoms with E-state index >= 15 is 0 Å². The van der Waals surface area contributed by atoms with E-state index in [4.69, 9.17) is 9.47 Å². The van der Waals surface area contributed by atoms with E-state index in [9.17, 15) is 25.2 Å². The number of phenols is 1. The van der Waals surface area contributed by atoms with E-state index in [1.54, 1.807) is 6.07 Å². The second-order valence-electron chi connectivity index (χ2n) is 7.24. The van der Waals surface area contributed by atoms with E-state index in [1.165, 1.54) is 30.6 Å². The topological polar surface area (TPSA) is 116 Å². The van der Waals surface area contributed by atoms with E-state index in [0.717, 1.165) is 10.1 Å². The lowest BCUT2D eigenvalue weighted by molar-refractivity contribution is -0.180. The van der Waals surface area contributed by atoms with Crippen molar-refractivity contribution >= 4 is 27.2 Å². The lowest BCUT2D eigenvalue weighted by Gasteiger charge is -2.37.